The average molecular weight is 376 g/mol. The van der Waals surface area contributed by atoms with E-state index in [9.17, 15) is 0 Å². The van der Waals surface area contributed by atoms with E-state index in [4.69, 9.17) is 14.5 Å². The van der Waals surface area contributed by atoms with E-state index < -0.39 is 0 Å². The van der Waals surface area contributed by atoms with Gasteiger partial charge in [0.2, 0.25) is 5.88 Å². The number of nitrogens with zero attached hydrogens (tertiary/aromatic N) is 1. The number of aryl methyl sites for hydroxylation is 1. The molecule has 146 valence electrons. The Morgan fingerprint density at radius 3 is 2.79 bits per heavy atom. The predicted octanol–water partition coefficient (Wildman–Crippen LogP) is 5.34. The number of fused-ring (bicyclic) bond motifs is 1. The van der Waals surface area contributed by atoms with E-state index in [1.54, 1.807) is 0 Å². The van der Waals surface area contributed by atoms with Crippen LogP contribution in [0.2, 0.25) is 0 Å². The molecule has 4 rings (SSSR count). The van der Waals surface area contributed by atoms with Crippen LogP contribution in [0.15, 0.2) is 30.3 Å². The highest BCUT2D eigenvalue weighted by Crippen LogP contribution is 2.37. The normalized spacial score (nSPS) is 18.7. The van der Waals surface area contributed by atoms with Crippen LogP contribution in [0.3, 0.4) is 0 Å². The first-order valence-electron chi connectivity index (χ1n) is 10.7. The molecule has 0 saturated carbocycles. The minimum atomic E-state index is 0.0756. The van der Waals surface area contributed by atoms with E-state index in [0.717, 1.165) is 44.3 Å². The molecule has 0 bridgehead atoms. The lowest BCUT2D eigenvalue weighted by Crippen LogP contribution is -2.18. The van der Waals surface area contributed by atoms with Gasteiger partial charge in [-0.15, -0.1) is 0 Å². The maximum Gasteiger partial charge on any atom is 0.230 e. The third-order valence-electron chi connectivity index (χ3n) is 5.51. The number of aromatic nitrogens is 1. The van der Waals surface area contributed by atoms with Crippen molar-refractivity contribution in [3.8, 4) is 28.8 Å². The molecule has 1 aromatic heterocycles. The first-order chi connectivity index (χ1) is 13.9. The highest BCUT2D eigenvalue weighted by molar-refractivity contribution is 5.77. The molecule has 1 fully saturated rings. The van der Waals surface area contributed by atoms with E-state index in [-0.39, 0.29) is 6.10 Å². The van der Waals surface area contributed by atoms with Crippen LogP contribution in [0.4, 0.5) is 0 Å². The van der Waals surface area contributed by atoms with Gasteiger partial charge < -0.3 is 9.47 Å². The molecule has 0 spiro atoms. The Morgan fingerprint density at radius 1 is 1.14 bits per heavy atom. The highest BCUT2D eigenvalue weighted by Gasteiger charge is 2.25. The van der Waals surface area contributed by atoms with Crippen molar-refractivity contribution in [1.82, 2.24) is 4.98 Å². The Hall–Kier alpha value is -2.31. The van der Waals surface area contributed by atoms with Gasteiger partial charge in [-0.05, 0) is 43.2 Å². The van der Waals surface area contributed by atoms with Crippen molar-refractivity contribution in [2.75, 3.05) is 13.2 Å². The first-order valence-corrected chi connectivity index (χ1v) is 10.7. The van der Waals surface area contributed by atoms with Crippen LogP contribution >= 0.6 is 0 Å². The van der Waals surface area contributed by atoms with Crippen LogP contribution in [0.5, 0.6) is 5.88 Å². The van der Waals surface area contributed by atoms with E-state index in [0.29, 0.717) is 12.5 Å². The fourth-order valence-electron chi connectivity index (χ4n) is 4.06. The fourth-order valence-corrected chi connectivity index (χ4v) is 4.06. The summed E-state index contributed by atoms with van der Waals surface area (Å²) < 4.78 is 11.9. The Morgan fingerprint density at radius 2 is 2.00 bits per heavy atom. The number of rotatable bonds is 4. The molecule has 28 heavy (non-hydrogen) atoms. The Labute approximate surface area is 168 Å². The zero-order valence-electron chi connectivity index (χ0n) is 16.8. The molecule has 1 aliphatic carbocycles. The molecule has 2 heterocycles. The van der Waals surface area contributed by atoms with Crippen molar-refractivity contribution in [3.05, 3.63) is 47.2 Å². The zero-order chi connectivity index (χ0) is 19.2. The lowest BCUT2D eigenvalue weighted by atomic mass is 9.91. The van der Waals surface area contributed by atoms with Gasteiger partial charge in [-0.3, -0.25) is 0 Å². The Bertz CT molecular complexity index is 858. The van der Waals surface area contributed by atoms with Crippen LogP contribution in [0, 0.1) is 11.8 Å². The highest BCUT2D eigenvalue weighted by atomic mass is 16.5. The fraction of sp³-hybridized carbons (Fsp3) is 0.480. The molecule has 1 aromatic carbocycles. The Kier molecular flexibility index (Phi) is 6.29. The monoisotopic (exact) mass is 375 g/mol. The van der Waals surface area contributed by atoms with Gasteiger partial charge >= 0.3 is 0 Å². The van der Waals surface area contributed by atoms with Crippen molar-refractivity contribution in [2.45, 2.75) is 64.4 Å². The number of hydrogen-bond donors (Lipinski definition) is 0. The van der Waals surface area contributed by atoms with Crippen LogP contribution < -0.4 is 4.74 Å². The summed E-state index contributed by atoms with van der Waals surface area (Å²) in [5.74, 6) is 7.50. The van der Waals surface area contributed by atoms with Crippen molar-refractivity contribution >= 4 is 0 Å². The second-order valence-electron chi connectivity index (χ2n) is 7.67. The lowest BCUT2D eigenvalue weighted by molar-refractivity contribution is 0.137. The number of ether oxygens (including phenoxy) is 2. The minimum absolute atomic E-state index is 0.0756. The van der Waals surface area contributed by atoms with Crippen molar-refractivity contribution in [2.24, 2.45) is 0 Å². The SMILES string of the molecule is CCCC#Cc1c(OC2CCOC2)nc2c(c1-c1ccccc1)CCCCC2. The summed E-state index contributed by atoms with van der Waals surface area (Å²) in [4.78, 5) is 5.02. The van der Waals surface area contributed by atoms with Crippen molar-refractivity contribution in [3.63, 3.8) is 0 Å². The van der Waals surface area contributed by atoms with Gasteiger partial charge in [0.1, 0.15) is 6.10 Å². The molecule has 1 atom stereocenters. The molecule has 2 aromatic rings. The molecule has 1 saturated heterocycles. The molecule has 3 heteroatoms. The summed E-state index contributed by atoms with van der Waals surface area (Å²) in [5.41, 5.74) is 6.00. The second kappa shape index (κ2) is 9.26. The largest absolute Gasteiger partial charge is 0.471 e. The van der Waals surface area contributed by atoms with Gasteiger partial charge in [0, 0.05) is 24.1 Å². The van der Waals surface area contributed by atoms with E-state index in [1.165, 1.54) is 41.6 Å². The third-order valence-corrected chi connectivity index (χ3v) is 5.51. The molecule has 2 aliphatic rings. The van der Waals surface area contributed by atoms with E-state index >= 15 is 0 Å². The van der Waals surface area contributed by atoms with Gasteiger partial charge in [0.15, 0.2) is 0 Å². The quantitative estimate of drug-likeness (QED) is 0.534. The molecule has 1 unspecified atom stereocenters. The molecule has 3 nitrogen and oxygen atoms in total. The smallest absolute Gasteiger partial charge is 0.230 e. The van der Waals surface area contributed by atoms with Crippen LogP contribution in [0.25, 0.3) is 11.1 Å². The summed E-state index contributed by atoms with van der Waals surface area (Å²) in [5, 5.41) is 0. The first kappa shape index (κ1) is 19.0. The number of pyridine rings is 1. The van der Waals surface area contributed by atoms with Gasteiger partial charge in [0.05, 0.1) is 18.8 Å². The van der Waals surface area contributed by atoms with Gasteiger partial charge in [0.25, 0.3) is 0 Å². The molecular weight excluding hydrogens is 346 g/mol. The number of hydrogen-bond acceptors (Lipinski definition) is 3. The maximum absolute atomic E-state index is 6.37. The zero-order valence-corrected chi connectivity index (χ0v) is 16.8. The van der Waals surface area contributed by atoms with Crippen molar-refractivity contribution in [1.29, 1.82) is 0 Å². The number of benzene rings is 1. The summed E-state index contributed by atoms with van der Waals surface area (Å²) in [7, 11) is 0. The summed E-state index contributed by atoms with van der Waals surface area (Å²) >= 11 is 0. The molecule has 1 aliphatic heterocycles. The van der Waals surface area contributed by atoms with Gasteiger partial charge in [-0.1, -0.05) is 55.5 Å². The standard InChI is InChI=1S/C25H29NO2/c1-2-3-6-14-22-24(19-11-7-4-8-12-19)21-13-9-5-10-15-23(21)26-25(22)28-20-16-17-27-18-20/h4,7-8,11-12,20H,2-3,5,9-10,13,15-18H2,1H3. The lowest BCUT2D eigenvalue weighted by Gasteiger charge is -2.20. The Balaban J connectivity index is 1.89. The van der Waals surface area contributed by atoms with Crippen LogP contribution in [-0.2, 0) is 17.6 Å². The predicted molar refractivity (Wildman–Crippen MR) is 113 cm³/mol. The molecule has 0 radical (unpaired) electrons. The van der Waals surface area contributed by atoms with E-state index in [2.05, 4.69) is 49.1 Å². The molecule has 0 amide bonds. The number of unbranched alkanes of at least 4 members (excludes halogenated alkanes) is 1. The van der Waals surface area contributed by atoms with Gasteiger partial charge in [-0.2, -0.15) is 0 Å². The molecule has 0 N–H and O–H groups in total. The molecular formula is C25H29NO2. The van der Waals surface area contributed by atoms with Crippen LogP contribution in [-0.4, -0.2) is 24.3 Å². The maximum atomic E-state index is 6.37. The summed E-state index contributed by atoms with van der Waals surface area (Å²) in [6.45, 7) is 3.56. The van der Waals surface area contributed by atoms with Gasteiger partial charge in [-0.25, -0.2) is 4.98 Å². The summed E-state index contributed by atoms with van der Waals surface area (Å²) in [6.07, 6.45) is 8.70. The third kappa shape index (κ3) is 4.23. The second-order valence-corrected chi connectivity index (χ2v) is 7.67. The van der Waals surface area contributed by atoms with Crippen LogP contribution in [0.1, 0.15) is 62.3 Å². The minimum Gasteiger partial charge on any atom is -0.471 e. The average Bonchev–Trinajstić information content (AvgIpc) is 3.12. The van der Waals surface area contributed by atoms with Crippen molar-refractivity contribution < 1.29 is 9.47 Å². The summed E-state index contributed by atoms with van der Waals surface area (Å²) in [6, 6.07) is 10.7. The van der Waals surface area contributed by atoms with E-state index in [1.807, 2.05) is 0 Å². The topological polar surface area (TPSA) is 31.4 Å².